The molecule has 0 fully saturated rings. The highest BCUT2D eigenvalue weighted by atomic mass is 35.5. The first-order valence-electron chi connectivity index (χ1n) is 8.40. The second-order valence-corrected chi connectivity index (χ2v) is 6.75. The first kappa shape index (κ1) is 23.2. The number of aryl methyl sites for hydroxylation is 1. The minimum atomic E-state index is -1.37. The number of ether oxygens (including phenoxy) is 2. The van der Waals surface area contributed by atoms with Crippen molar-refractivity contribution in [3.63, 3.8) is 0 Å². The van der Waals surface area contributed by atoms with Crippen molar-refractivity contribution in [2.24, 2.45) is 0 Å². The lowest BCUT2D eigenvalue weighted by Gasteiger charge is -2.16. The van der Waals surface area contributed by atoms with Crippen molar-refractivity contribution in [3.05, 3.63) is 54.3 Å². The molecular weight excluding hydrogens is 443 g/mol. The van der Waals surface area contributed by atoms with E-state index < -0.39 is 39.9 Å². The highest BCUT2D eigenvalue weighted by Crippen LogP contribution is 2.45. The molecule has 0 unspecified atom stereocenters. The number of methoxy groups -OCH3 is 1. The number of carbonyl (C=O) groups is 2. The zero-order chi connectivity index (χ0) is 22.7. The monoisotopic (exact) mass is 458 g/mol. The van der Waals surface area contributed by atoms with Crippen molar-refractivity contribution in [1.82, 2.24) is 0 Å². The van der Waals surface area contributed by atoms with Gasteiger partial charge in [0.05, 0.1) is 22.6 Å². The number of rotatable bonds is 7. The molecule has 0 amide bonds. The van der Waals surface area contributed by atoms with Gasteiger partial charge in [0.2, 0.25) is 17.1 Å². The number of carbonyl (C=O) groups excluding carboxylic acids is 1. The Morgan fingerprint density at radius 3 is 2.40 bits per heavy atom. The minimum Gasteiger partial charge on any atom is -0.618 e. The van der Waals surface area contributed by atoms with E-state index in [0.29, 0.717) is 10.3 Å². The van der Waals surface area contributed by atoms with Crippen LogP contribution < -0.4 is 9.47 Å². The molecule has 1 N–H and O–H groups in total. The van der Waals surface area contributed by atoms with E-state index in [1.165, 1.54) is 20.1 Å². The topological polar surface area (TPSA) is 143 Å². The molecule has 0 aliphatic carbocycles. The quantitative estimate of drug-likeness (QED) is 0.218. The molecule has 1 aromatic heterocycles. The molecule has 160 valence electrons. The van der Waals surface area contributed by atoms with E-state index in [-0.39, 0.29) is 34.0 Å². The van der Waals surface area contributed by atoms with Crippen LogP contribution in [0.15, 0.2) is 12.1 Å². The summed E-state index contributed by atoms with van der Waals surface area (Å²) in [5, 5.41) is 32.6. The number of halogens is 2. The number of esters is 1. The number of aromatic nitrogens is 1. The predicted molar refractivity (Wildman–Crippen MR) is 106 cm³/mol. The summed E-state index contributed by atoms with van der Waals surface area (Å²) in [5.74, 6) is -2.62. The molecule has 0 radical (unpaired) electrons. The number of benzene rings is 1. The van der Waals surface area contributed by atoms with Gasteiger partial charge in [0, 0.05) is 18.6 Å². The van der Waals surface area contributed by atoms with Gasteiger partial charge in [-0.1, -0.05) is 30.1 Å². The Hall–Kier alpha value is -3.11. The number of nitro benzene ring substituents is 1. The molecule has 2 rings (SSSR count). The van der Waals surface area contributed by atoms with Gasteiger partial charge in [-0.15, -0.1) is 0 Å². The van der Waals surface area contributed by atoms with Crippen molar-refractivity contribution in [1.29, 1.82) is 0 Å². The largest absolute Gasteiger partial charge is 0.618 e. The van der Waals surface area contributed by atoms with Crippen LogP contribution in [-0.2, 0) is 16.0 Å². The van der Waals surface area contributed by atoms with E-state index in [4.69, 9.17) is 33.0 Å². The Morgan fingerprint density at radius 1 is 1.27 bits per heavy atom. The van der Waals surface area contributed by atoms with E-state index >= 15 is 0 Å². The summed E-state index contributed by atoms with van der Waals surface area (Å²) in [6.07, 6.45) is 0.279. The first-order chi connectivity index (χ1) is 14.0. The summed E-state index contributed by atoms with van der Waals surface area (Å²) in [6, 6.07) is 2.42. The molecule has 1 aromatic carbocycles. The summed E-state index contributed by atoms with van der Waals surface area (Å²) < 4.78 is 10.0. The van der Waals surface area contributed by atoms with E-state index in [2.05, 4.69) is 4.74 Å². The normalized spacial score (nSPS) is 10.6. The fourth-order valence-corrected chi connectivity index (χ4v) is 3.28. The highest BCUT2D eigenvalue weighted by molar-refractivity contribution is 6.45. The van der Waals surface area contributed by atoms with Gasteiger partial charge in [-0.2, -0.15) is 4.73 Å². The fourth-order valence-electron chi connectivity index (χ4n) is 2.80. The number of hydrogen-bond donors (Lipinski definition) is 1. The lowest BCUT2D eigenvalue weighted by atomic mass is 9.99. The van der Waals surface area contributed by atoms with Crippen LogP contribution in [0.5, 0.6) is 5.75 Å². The summed E-state index contributed by atoms with van der Waals surface area (Å²) >= 11 is 12.4. The van der Waals surface area contributed by atoms with Gasteiger partial charge in [0.15, 0.2) is 6.61 Å². The van der Waals surface area contributed by atoms with E-state index in [1.807, 2.05) is 0 Å². The van der Waals surface area contributed by atoms with Crippen LogP contribution in [0.25, 0.3) is 11.3 Å². The first-order valence-corrected chi connectivity index (χ1v) is 9.16. The number of pyridine rings is 1. The maximum atomic E-state index is 13.0. The number of carboxylic acid groups (broad SMARTS) is 1. The van der Waals surface area contributed by atoms with E-state index in [9.17, 15) is 24.9 Å². The van der Waals surface area contributed by atoms with Crippen molar-refractivity contribution in [3.8, 4) is 17.0 Å². The van der Waals surface area contributed by atoms with Gasteiger partial charge in [0.25, 0.3) is 0 Å². The van der Waals surface area contributed by atoms with Gasteiger partial charge in [-0.05, 0) is 12.5 Å². The van der Waals surface area contributed by atoms with Crippen LogP contribution in [0.2, 0.25) is 10.0 Å². The summed E-state index contributed by atoms with van der Waals surface area (Å²) in [6.45, 7) is 2.21. The van der Waals surface area contributed by atoms with Crippen molar-refractivity contribution in [2.75, 3.05) is 13.7 Å². The zero-order valence-corrected chi connectivity index (χ0v) is 17.5. The lowest BCUT2D eigenvalue weighted by molar-refractivity contribution is -0.601. The van der Waals surface area contributed by atoms with Crippen LogP contribution in [0.4, 0.5) is 5.69 Å². The third-order valence-electron chi connectivity index (χ3n) is 4.24. The molecule has 0 saturated heterocycles. The molecule has 10 nitrogen and oxygen atoms in total. The lowest BCUT2D eigenvalue weighted by Crippen LogP contribution is -2.36. The number of nitrogens with zero attached hydrogens (tertiary/aromatic N) is 2. The minimum absolute atomic E-state index is 0.00454. The smallest absolute Gasteiger partial charge is 0.344 e. The number of nitro groups is 1. The van der Waals surface area contributed by atoms with Gasteiger partial charge in [0.1, 0.15) is 10.6 Å². The maximum Gasteiger partial charge on any atom is 0.344 e. The maximum absolute atomic E-state index is 13.0. The van der Waals surface area contributed by atoms with Crippen LogP contribution in [0.3, 0.4) is 0 Å². The molecule has 0 bridgehead atoms. The molecule has 2 aromatic rings. The Bertz CT molecular complexity index is 1060. The van der Waals surface area contributed by atoms with Gasteiger partial charge >= 0.3 is 17.6 Å². The van der Waals surface area contributed by atoms with Crippen molar-refractivity contribution >= 4 is 40.8 Å². The molecule has 0 aliphatic heterocycles. The molecule has 0 aliphatic rings. The van der Waals surface area contributed by atoms with Gasteiger partial charge in [-0.3, -0.25) is 10.1 Å². The second kappa shape index (κ2) is 9.14. The molecule has 0 atom stereocenters. The predicted octanol–water partition coefficient (Wildman–Crippen LogP) is 3.32. The van der Waals surface area contributed by atoms with E-state index in [0.717, 1.165) is 6.07 Å². The van der Waals surface area contributed by atoms with Crippen LogP contribution in [-0.4, -0.2) is 35.7 Å². The summed E-state index contributed by atoms with van der Waals surface area (Å²) in [7, 11) is 1.17. The fraction of sp³-hybridized carbons (Fsp3) is 0.278. The zero-order valence-electron chi connectivity index (χ0n) is 16.0. The van der Waals surface area contributed by atoms with Gasteiger partial charge in [-0.25, -0.2) is 9.59 Å². The SMILES string of the molecule is CCc1cc(C(=O)OC)c(C)[n+]([O-])c1-c1cc([N+](=O)[O-])c(OCC(=O)O)c(Cl)c1Cl. The number of aliphatic carboxylic acids is 1. The number of carboxylic acids is 1. The Labute approximate surface area is 180 Å². The molecule has 0 saturated carbocycles. The Kier molecular flexibility index (Phi) is 7.06. The van der Waals surface area contributed by atoms with Crippen molar-refractivity contribution in [2.45, 2.75) is 20.3 Å². The van der Waals surface area contributed by atoms with Gasteiger partial charge < -0.3 is 19.8 Å². The third kappa shape index (κ3) is 4.24. The van der Waals surface area contributed by atoms with E-state index in [1.54, 1.807) is 6.92 Å². The number of hydrogen-bond acceptors (Lipinski definition) is 7. The van der Waals surface area contributed by atoms with Crippen LogP contribution in [0, 0.1) is 22.2 Å². The Morgan fingerprint density at radius 2 is 1.90 bits per heavy atom. The second-order valence-electron chi connectivity index (χ2n) is 6.00. The van der Waals surface area contributed by atoms with Crippen molar-refractivity contribution < 1.29 is 33.8 Å². The molecule has 12 heteroatoms. The molecule has 30 heavy (non-hydrogen) atoms. The molecular formula is C18H16Cl2N2O8. The molecule has 1 heterocycles. The Balaban J connectivity index is 2.84. The standard InChI is InChI=1S/C18H16Cl2N2O8/c1-4-9-5-10(18(25)29-3)8(2)21(26)16(9)11-6-12(22(27)28)17(15(20)14(11)19)30-7-13(23)24/h5-6H,4,7H2,1-3H3,(H,23,24). The summed E-state index contributed by atoms with van der Waals surface area (Å²) in [4.78, 5) is 33.4. The summed E-state index contributed by atoms with van der Waals surface area (Å²) in [5.41, 5.74) is -0.383. The third-order valence-corrected chi connectivity index (χ3v) is 5.09. The average molecular weight is 459 g/mol. The molecule has 0 spiro atoms. The highest BCUT2D eigenvalue weighted by Gasteiger charge is 2.32. The van der Waals surface area contributed by atoms with Crippen LogP contribution in [0.1, 0.15) is 28.5 Å². The average Bonchev–Trinajstić information content (AvgIpc) is 2.70. The van der Waals surface area contributed by atoms with Crippen LogP contribution >= 0.6 is 23.2 Å².